The van der Waals surface area contributed by atoms with E-state index in [2.05, 4.69) is 20.3 Å². The summed E-state index contributed by atoms with van der Waals surface area (Å²) in [7, 11) is -3.80. The smallest absolute Gasteiger partial charge is 0.306 e. The second-order valence-electron chi connectivity index (χ2n) is 5.52. The van der Waals surface area contributed by atoms with Crippen molar-refractivity contribution in [2.45, 2.75) is 23.9 Å². The minimum absolute atomic E-state index is 0.157. The highest BCUT2D eigenvalue weighted by Gasteiger charge is 2.23. The topological polar surface area (TPSA) is 125 Å². The number of aromatic nitrogens is 3. The minimum atomic E-state index is -3.80. The van der Waals surface area contributed by atoms with E-state index in [1.54, 1.807) is 37.3 Å². The molecule has 2 aromatic heterocycles. The van der Waals surface area contributed by atoms with Gasteiger partial charge in [-0.25, -0.2) is 8.42 Å². The fourth-order valence-electron chi connectivity index (χ4n) is 2.20. The molecule has 3 N–H and O–H groups in total. The molecular formula is C15H16N4O4S2. The van der Waals surface area contributed by atoms with E-state index in [0.717, 1.165) is 11.3 Å². The molecule has 3 aromatic rings. The van der Waals surface area contributed by atoms with Crippen LogP contribution in [-0.4, -0.2) is 41.1 Å². The number of hydrogen-bond acceptors (Lipinski definition) is 8. The lowest BCUT2D eigenvalue weighted by atomic mass is 10.2. The molecule has 0 aliphatic rings. The van der Waals surface area contributed by atoms with Gasteiger partial charge in [-0.05, 0) is 12.5 Å². The molecule has 3 rings (SSSR count). The molecule has 0 aliphatic heterocycles. The van der Waals surface area contributed by atoms with Crippen LogP contribution in [0.4, 0.5) is 5.82 Å². The SMILES string of the molecule is CC(CO)Nc1nc(S(=O)(=O)Cc2ccccc2)nc2[nH]c(=O)sc12. The molecule has 0 radical (unpaired) electrons. The number of nitrogens with one attached hydrogen (secondary N) is 2. The first-order valence-electron chi connectivity index (χ1n) is 7.44. The molecule has 0 fully saturated rings. The van der Waals surface area contributed by atoms with Crippen molar-refractivity contribution >= 4 is 37.3 Å². The number of rotatable bonds is 6. The van der Waals surface area contributed by atoms with Crippen LogP contribution >= 0.6 is 11.3 Å². The normalized spacial score (nSPS) is 13.0. The summed E-state index contributed by atoms with van der Waals surface area (Å²) in [4.78, 5) is 21.9. The number of H-pyrrole nitrogens is 1. The van der Waals surface area contributed by atoms with E-state index < -0.39 is 9.84 Å². The Morgan fingerprint density at radius 1 is 1.28 bits per heavy atom. The zero-order chi connectivity index (χ0) is 18.0. The van der Waals surface area contributed by atoms with Crippen LogP contribution in [0.15, 0.2) is 40.3 Å². The number of benzene rings is 1. The summed E-state index contributed by atoms with van der Waals surface area (Å²) in [6, 6.07) is 8.35. The van der Waals surface area contributed by atoms with E-state index in [4.69, 9.17) is 0 Å². The van der Waals surface area contributed by atoms with Crippen molar-refractivity contribution in [3.05, 3.63) is 45.6 Å². The van der Waals surface area contributed by atoms with Gasteiger partial charge in [-0.2, -0.15) is 9.97 Å². The van der Waals surface area contributed by atoms with E-state index in [1.165, 1.54) is 0 Å². The van der Waals surface area contributed by atoms with Gasteiger partial charge in [-0.3, -0.25) is 9.78 Å². The lowest BCUT2D eigenvalue weighted by Gasteiger charge is -2.13. The summed E-state index contributed by atoms with van der Waals surface area (Å²) in [6.07, 6.45) is 0. The number of thiazole rings is 1. The van der Waals surface area contributed by atoms with Crippen molar-refractivity contribution in [1.29, 1.82) is 0 Å². The Hall–Kier alpha value is -2.30. The predicted molar refractivity (Wildman–Crippen MR) is 95.5 cm³/mol. The van der Waals surface area contributed by atoms with Gasteiger partial charge < -0.3 is 10.4 Å². The molecule has 1 aromatic carbocycles. The van der Waals surface area contributed by atoms with Gasteiger partial charge in [-0.15, -0.1) is 0 Å². The van der Waals surface area contributed by atoms with Crippen molar-refractivity contribution < 1.29 is 13.5 Å². The monoisotopic (exact) mass is 380 g/mol. The third-order valence-corrected chi connectivity index (χ3v) is 5.73. The number of aliphatic hydroxyl groups excluding tert-OH is 1. The Balaban J connectivity index is 2.07. The van der Waals surface area contributed by atoms with Crippen LogP contribution in [0.1, 0.15) is 12.5 Å². The van der Waals surface area contributed by atoms with Gasteiger partial charge in [0.25, 0.3) is 5.16 Å². The summed E-state index contributed by atoms with van der Waals surface area (Å²) < 4.78 is 25.8. The van der Waals surface area contributed by atoms with Gasteiger partial charge in [0, 0.05) is 6.04 Å². The average molecular weight is 380 g/mol. The highest BCUT2D eigenvalue weighted by molar-refractivity contribution is 7.90. The molecule has 25 heavy (non-hydrogen) atoms. The quantitative estimate of drug-likeness (QED) is 0.548. The number of hydrogen-bond donors (Lipinski definition) is 3. The molecule has 0 aliphatic carbocycles. The van der Waals surface area contributed by atoms with E-state index in [0.29, 0.717) is 10.3 Å². The van der Waals surface area contributed by atoms with Crippen LogP contribution in [0.25, 0.3) is 10.3 Å². The van der Waals surface area contributed by atoms with Crippen LogP contribution in [0.3, 0.4) is 0 Å². The molecule has 0 spiro atoms. The zero-order valence-corrected chi connectivity index (χ0v) is 14.9. The van der Waals surface area contributed by atoms with Gasteiger partial charge in [0.05, 0.1) is 12.4 Å². The summed E-state index contributed by atoms with van der Waals surface area (Å²) >= 11 is 0.879. The maximum atomic E-state index is 12.7. The van der Waals surface area contributed by atoms with Crippen molar-refractivity contribution in [3.63, 3.8) is 0 Å². The minimum Gasteiger partial charge on any atom is -0.394 e. The number of aromatic amines is 1. The fourth-order valence-corrected chi connectivity index (χ4v) is 4.15. The summed E-state index contributed by atoms with van der Waals surface area (Å²) in [5, 5.41) is 11.7. The van der Waals surface area contributed by atoms with E-state index in [9.17, 15) is 18.3 Å². The number of sulfone groups is 1. The van der Waals surface area contributed by atoms with Crippen molar-refractivity contribution in [2.24, 2.45) is 0 Å². The molecule has 0 bridgehead atoms. The lowest BCUT2D eigenvalue weighted by molar-refractivity contribution is 0.281. The molecule has 10 heteroatoms. The highest BCUT2D eigenvalue weighted by atomic mass is 32.2. The highest BCUT2D eigenvalue weighted by Crippen LogP contribution is 2.24. The molecule has 132 valence electrons. The van der Waals surface area contributed by atoms with Gasteiger partial charge in [0.15, 0.2) is 11.5 Å². The first-order chi connectivity index (χ1) is 11.9. The molecular weight excluding hydrogens is 364 g/mol. The van der Waals surface area contributed by atoms with Gasteiger partial charge in [0.1, 0.15) is 4.70 Å². The lowest BCUT2D eigenvalue weighted by Crippen LogP contribution is -2.21. The maximum Gasteiger partial charge on any atom is 0.306 e. The third kappa shape index (κ3) is 3.86. The summed E-state index contributed by atoms with van der Waals surface area (Å²) in [5.41, 5.74) is 0.771. The zero-order valence-electron chi connectivity index (χ0n) is 13.3. The molecule has 1 unspecified atom stereocenters. The molecule has 2 heterocycles. The fraction of sp³-hybridized carbons (Fsp3) is 0.267. The second-order valence-corrected chi connectivity index (χ2v) is 8.39. The Labute approximate surface area is 147 Å². The van der Waals surface area contributed by atoms with Crippen molar-refractivity contribution in [2.75, 3.05) is 11.9 Å². The van der Waals surface area contributed by atoms with Crippen LogP contribution < -0.4 is 10.2 Å². The van der Waals surface area contributed by atoms with Gasteiger partial charge in [-0.1, -0.05) is 41.7 Å². The second kappa shape index (κ2) is 6.90. The van der Waals surface area contributed by atoms with Gasteiger partial charge >= 0.3 is 4.87 Å². The maximum absolute atomic E-state index is 12.7. The standard InChI is InChI=1S/C15H16N4O4S2/c1-9(7-20)16-12-11-13(19-15(21)24-11)18-14(17-12)25(22,23)8-10-5-3-2-4-6-10/h2-6,9,20H,7-8H2,1H3,(H2,16,17,18,19,21). The van der Waals surface area contributed by atoms with Gasteiger partial charge in [0.2, 0.25) is 9.84 Å². The van der Waals surface area contributed by atoms with Crippen LogP contribution in [-0.2, 0) is 15.6 Å². The third-order valence-electron chi connectivity index (χ3n) is 3.39. The van der Waals surface area contributed by atoms with Crippen molar-refractivity contribution in [1.82, 2.24) is 15.0 Å². The molecule has 1 atom stereocenters. The number of fused-ring (bicyclic) bond motifs is 1. The number of aliphatic hydroxyl groups is 1. The number of anilines is 1. The number of nitrogens with zero attached hydrogens (tertiary/aromatic N) is 2. The van der Waals surface area contributed by atoms with Crippen molar-refractivity contribution in [3.8, 4) is 0 Å². The molecule has 0 amide bonds. The largest absolute Gasteiger partial charge is 0.394 e. The first kappa shape index (κ1) is 17.5. The Morgan fingerprint density at radius 3 is 2.68 bits per heavy atom. The summed E-state index contributed by atoms with van der Waals surface area (Å²) in [5.74, 6) is -0.0376. The first-order valence-corrected chi connectivity index (χ1v) is 9.91. The molecule has 0 saturated carbocycles. The van der Waals surface area contributed by atoms with Crippen LogP contribution in [0.5, 0.6) is 0 Å². The van der Waals surface area contributed by atoms with E-state index >= 15 is 0 Å². The molecule has 0 saturated heterocycles. The van der Waals surface area contributed by atoms with E-state index in [-0.39, 0.29) is 39.9 Å². The van der Waals surface area contributed by atoms with Crippen LogP contribution in [0.2, 0.25) is 0 Å². The average Bonchev–Trinajstić information content (AvgIpc) is 2.95. The summed E-state index contributed by atoms with van der Waals surface area (Å²) in [6.45, 7) is 1.54. The van der Waals surface area contributed by atoms with E-state index in [1.807, 2.05) is 0 Å². The molecule has 8 nitrogen and oxygen atoms in total. The van der Waals surface area contributed by atoms with Crippen LogP contribution in [0, 0.1) is 0 Å². The Bertz CT molecular complexity index is 1040. The Kier molecular flexibility index (Phi) is 4.84. The Morgan fingerprint density at radius 2 is 2.00 bits per heavy atom. The predicted octanol–water partition coefficient (Wildman–Crippen LogP) is 1.15.